The summed E-state index contributed by atoms with van der Waals surface area (Å²) in [7, 11) is 4.08. The largest absolute Gasteiger partial charge is 0.361 e. The molecule has 8 nitrogen and oxygen atoms in total. The van der Waals surface area contributed by atoms with Crippen molar-refractivity contribution in [3.05, 3.63) is 33.9 Å². The normalized spacial score (nSPS) is 19.8. The Labute approximate surface area is 171 Å². The Hall–Kier alpha value is -1.90. The standard InChI is InChI=1S/C19H29ClN6O2/c1-14-18(15(2)28-22-14)19(27)26(13-17-16(20)12-24(4)21-17)7-5-6-25-10-8-23(3)9-11-25/h12H,5-11,13H2,1-4H3/p+2. The van der Waals surface area contributed by atoms with Crippen molar-refractivity contribution >= 4 is 17.5 Å². The Bertz CT molecular complexity index is 790. The minimum Gasteiger partial charge on any atom is -0.361 e. The maximum absolute atomic E-state index is 13.2. The fourth-order valence-corrected chi connectivity index (χ4v) is 4.03. The highest BCUT2D eigenvalue weighted by molar-refractivity contribution is 6.31. The van der Waals surface area contributed by atoms with Crippen LogP contribution in [0.5, 0.6) is 0 Å². The summed E-state index contributed by atoms with van der Waals surface area (Å²) in [6, 6.07) is 0. The van der Waals surface area contributed by atoms with Crippen LogP contribution in [-0.2, 0) is 13.6 Å². The van der Waals surface area contributed by atoms with Gasteiger partial charge in [0, 0.05) is 26.2 Å². The predicted octanol–water partition coefficient (Wildman–Crippen LogP) is -0.876. The number of hydrogen-bond acceptors (Lipinski definition) is 4. The van der Waals surface area contributed by atoms with E-state index in [1.165, 1.54) is 26.2 Å². The molecule has 2 aromatic rings. The van der Waals surface area contributed by atoms with Crippen LogP contribution in [-0.4, -0.2) is 72.1 Å². The van der Waals surface area contributed by atoms with Gasteiger partial charge in [0.25, 0.3) is 5.91 Å². The summed E-state index contributed by atoms with van der Waals surface area (Å²) in [5, 5.41) is 8.92. The monoisotopic (exact) mass is 410 g/mol. The van der Waals surface area contributed by atoms with E-state index in [4.69, 9.17) is 16.1 Å². The fraction of sp³-hybridized carbons (Fsp3) is 0.632. The molecule has 0 atom stereocenters. The number of quaternary nitrogens is 2. The molecule has 0 bridgehead atoms. The van der Waals surface area contributed by atoms with Crippen molar-refractivity contribution in [1.82, 2.24) is 19.8 Å². The van der Waals surface area contributed by atoms with Crippen LogP contribution in [0, 0.1) is 13.8 Å². The van der Waals surface area contributed by atoms with E-state index < -0.39 is 0 Å². The summed E-state index contributed by atoms with van der Waals surface area (Å²) < 4.78 is 6.88. The summed E-state index contributed by atoms with van der Waals surface area (Å²) in [6.07, 6.45) is 2.69. The van der Waals surface area contributed by atoms with Crippen molar-refractivity contribution in [1.29, 1.82) is 0 Å². The van der Waals surface area contributed by atoms with Gasteiger partial charge in [0.05, 0.1) is 30.9 Å². The molecule has 3 rings (SSSR count). The van der Waals surface area contributed by atoms with Crippen molar-refractivity contribution in [3.8, 4) is 0 Å². The molecule has 1 aliphatic heterocycles. The number of nitrogens with zero attached hydrogens (tertiary/aromatic N) is 4. The van der Waals surface area contributed by atoms with Gasteiger partial charge >= 0.3 is 0 Å². The maximum Gasteiger partial charge on any atom is 0.259 e. The smallest absolute Gasteiger partial charge is 0.259 e. The highest BCUT2D eigenvalue weighted by Gasteiger charge is 2.26. The SMILES string of the molecule is Cc1noc(C)c1C(=O)N(CCC[NH+]1CC[NH+](C)CC1)Cc1nn(C)cc1Cl. The minimum atomic E-state index is -0.0733. The molecule has 0 radical (unpaired) electrons. The molecule has 0 aromatic carbocycles. The third kappa shape index (κ3) is 4.92. The number of aryl methyl sites for hydroxylation is 3. The van der Waals surface area contributed by atoms with E-state index in [-0.39, 0.29) is 5.91 Å². The molecule has 1 fully saturated rings. The van der Waals surface area contributed by atoms with Crippen LogP contribution in [0.3, 0.4) is 0 Å². The van der Waals surface area contributed by atoms with Crippen LogP contribution in [0.2, 0.25) is 5.02 Å². The van der Waals surface area contributed by atoms with E-state index >= 15 is 0 Å². The lowest BCUT2D eigenvalue weighted by molar-refractivity contribution is -1.00. The van der Waals surface area contributed by atoms with Crippen LogP contribution in [0.4, 0.5) is 0 Å². The lowest BCUT2D eigenvalue weighted by Gasteiger charge is -2.28. The number of carbonyl (C=O) groups excluding carboxylic acids is 1. The Balaban J connectivity index is 1.69. The molecule has 2 aromatic heterocycles. The molecule has 1 saturated heterocycles. The van der Waals surface area contributed by atoms with Gasteiger partial charge in [-0.2, -0.15) is 5.10 Å². The van der Waals surface area contributed by atoms with E-state index in [2.05, 4.69) is 17.3 Å². The molecule has 9 heteroatoms. The van der Waals surface area contributed by atoms with Crippen LogP contribution in [0.15, 0.2) is 10.7 Å². The van der Waals surface area contributed by atoms with Gasteiger partial charge in [0.15, 0.2) is 0 Å². The highest BCUT2D eigenvalue weighted by atomic mass is 35.5. The number of amides is 1. The van der Waals surface area contributed by atoms with Gasteiger partial charge < -0.3 is 19.2 Å². The third-order valence-corrected chi connectivity index (χ3v) is 5.81. The molecule has 154 valence electrons. The number of aromatic nitrogens is 3. The second-order valence-corrected chi connectivity index (χ2v) is 8.24. The molecule has 2 N–H and O–H groups in total. The first-order valence-electron chi connectivity index (χ1n) is 9.90. The average Bonchev–Trinajstić information content (AvgIpc) is 3.15. The number of nitrogens with one attached hydrogen (secondary N) is 2. The van der Waals surface area contributed by atoms with Crippen molar-refractivity contribution in [3.63, 3.8) is 0 Å². The molecule has 0 spiro atoms. The summed E-state index contributed by atoms with van der Waals surface area (Å²) in [5.41, 5.74) is 1.87. The number of piperazine rings is 1. The van der Waals surface area contributed by atoms with Gasteiger partial charge in [-0.25, -0.2) is 0 Å². The number of likely N-dealkylation sites (N-methyl/N-ethyl adjacent to an activating group) is 1. The molecule has 0 saturated carbocycles. The first kappa shape index (κ1) is 20.8. The Morgan fingerprint density at radius 1 is 1.32 bits per heavy atom. The third-order valence-electron chi connectivity index (χ3n) is 5.50. The van der Waals surface area contributed by atoms with Crippen molar-refractivity contribution in [2.45, 2.75) is 26.8 Å². The second kappa shape index (κ2) is 9.07. The van der Waals surface area contributed by atoms with Crippen LogP contribution < -0.4 is 9.80 Å². The van der Waals surface area contributed by atoms with E-state index in [0.717, 1.165) is 13.0 Å². The van der Waals surface area contributed by atoms with Crippen LogP contribution >= 0.6 is 11.6 Å². The Morgan fingerprint density at radius 3 is 2.61 bits per heavy atom. The second-order valence-electron chi connectivity index (χ2n) is 7.83. The summed E-state index contributed by atoms with van der Waals surface area (Å²) in [6.45, 7) is 10.5. The van der Waals surface area contributed by atoms with Gasteiger partial charge in [0.2, 0.25) is 0 Å². The number of hydrogen-bond donors (Lipinski definition) is 2. The molecule has 3 heterocycles. The van der Waals surface area contributed by atoms with E-state index in [1.807, 2.05) is 11.9 Å². The topological polar surface area (TPSA) is 73.0 Å². The van der Waals surface area contributed by atoms with Crippen LogP contribution in [0.25, 0.3) is 0 Å². The van der Waals surface area contributed by atoms with E-state index in [1.54, 1.807) is 34.5 Å². The minimum absolute atomic E-state index is 0.0733. The zero-order chi connectivity index (χ0) is 20.3. The first-order valence-corrected chi connectivity index (χ1v) is 10.3. The zero-order valence-electron chi connectivity index (χ0n) is 17.2. The Morgan fingerprint density at radius 2 is 2.04 bits per heavy atom. The molecule has 0 unspecified atom stereocenters. The molecular formula is C19H31ClN6O2+2. The van der Waals surface area contributed by atoms with Crippen molar-refractivity contribution < 1.29 is 19.1 Å². The fourth-order valence-electron chi connectivity index (χ4n) is 3.79. The molecule has 28 heavy (non-hydrogen) atoms. The maximum atomic E-state index is 13.2. The summed E-state index contributed by atoms with van der Waals surface area (Å²) in [5.74, 6) is 0.475. The summed E-state index contributed by atoms with van der Waals surface area (Å²) >= 11 is 6.29. The molecular weight excluding hydrogens is 380 g/mol. The first-order chi connectivity index (χ1) is 13.3. The van der Waals surface area contributed by atoms with Gasteiger partial charge in [-0.3, -0.25) is 9.48 Å². The quantitative estimate of drug-likeness (QED) is 0.622. The molecule has 1 amide bonds. The predicted molar refractivity (Wildman–Crippen MR) is 106 cm³/mol. The van der Waals surface area contributed by atoms with Gasteiger partial charge in [-0.15, -0.1) is 0 Å². The molecule has 0 aliphatic carbocycles. The Kier molecular flexibility index (Phi) is 6.74. The van der Waals surface area contributed by atoms with Crippen molar-refractivity contribution in [2.24, 2.45) is 7.05 Å². The molecule has 1 aliphatic rings. The van der Waals surface area contributed by atoms with Gasteiger partial charge in [0.1, 0.15) is 43.2 Å². The number of halogens is 1. The highest BCUT2D eigenvalue weighted by Crippen LogP contribution is 2.20. The zero-order valence-corrected chi connectivity index (χ0v) is 18.0. The van der Waals surface area contributed by atoms with Gasteiger partial charge in [-0.1, -0.05) is 16.8 Å². The van der Waals surface area contributed by atoms with E-state index in [9.17, 15) is 4.79 Å². The van der Waals surface area contributed by atoms with Crippen LogP contribution in [0.1, 0.15) is 33.9 Å². The lowest BCUT2D eigenvalue weighted by atomic mass is 10.1. The van der Waals surface area contributed by atoms with Gasteiger partial charge in [-0.05, 0) is 13.8 Å². The summed E-state index contributed by atoms with van der Waals surface area (Å²) in [4.78, 5) is 18.3. The lowest BCUT2D eigenvalue weighted by Crippen LogP contribution is -3.27. The number of carbonyl (C=O) groups is 1. The average molecular weight is 411 g/mol. The number of rotatable bonds is 7. The van der Waals surface area contributed by atoms with Crippen molar-refractivity contribution in [2.75, 3.05) is 46.3 Å². The van der Waals surface area contributed by atoms with E-state index in [0.29, 0.717) is 40.8 Å².